The first-order valence-corrected chi connectivity index (χ1v) is 8.71. The Balaban J connectivity index is 4.90. The summed E-state index contributed by atoms with van der Waals surface area (Å²) in [6.45, 7) is 10.9. The van der Waals surface area contributed by atoms with E-state index in [2.05, 4.69) is 39.9 Å². The fourth-order valence-corrected chi connectivity index (χ4v) is 3.40. The van der Waals surface area contributed by atoms with Crippen LogP contribution in [0.1, 0.15) is 27.2 Å². The van der Waals surface area contributed by atoms with E-state index in [1.54, 1.807) is 19.0 Å². The van der Waals surface area contributed by atoms with E-state index in [1.165, 1.54) is 0 Å². The van der Waals surface area contributed by atoms with Crippen LogP contribution in [0.15, 0.2) is 0 Å². The van der Waals surface area contributed by atoms with Crippen LogP contribution in [0.25, 0.3) is 0 Å². The summed E-state index contributed by atoms with van der Waals surface area (Å²) in [4.78, 5) is 13.2. The first-order chi connectivity index (χ1) is 7.04. The summed E-state index contributed by atoms with van der Waals surface area (Å²) in [6, 6.07) is 2.35. The van der Waals surface area contributed by atoms with Crippen molar-refractivity contribution in [3.05, 3.63) is 0 Å². The Bertz CT molecular complexity index is 297. The second kappa shape index (κ2) is 5.01. The van der Waals surface area contributed by atoms with E-state index >= 15 is 0 Å². The van der Waals surface area contributed by atoms with Crippen molar-refractivity contribution in [1.29, 1.82) is 5.26 Å². The fraction of sp³-hybridized carbons (Fsp3) is 0.833. The minimum Gasteiger partial charge on any atom is -0.349 e. The maximum Gasteiger partial charge on any atom is 0.223 e. The van der Waals surface area contributed by atoms with Crippen LogP contribution in [0.2, 0.25) is 23.7 Å². The van der Waals surface area contributed by atoms with Crippen molar-refractivity contribution in [1.82, 2.24) is 4.90 Å². The largest absolute Gasteiger partial charge is 0.349 e. The summed E-state index contributed by atoms with van der Waals surface area (Å²) in [6.07, 6.45) is 0.361. The highest BCUT2D eigenvalue weighted by Gasteiger charge is 2.43. The van der Waals surface area contributed by atoms with E-state index in [0.717, 1.165) is 0 Å². The minimum absolute atomic E-state index is 0.0522. The molecule has 92 valence electrons. The van der Waals surface area contributed by atoms with E-state index in [0.29, 0.717) is 6.42 Å². The third kappa shape index (κ3) is 3.34. The van der Waals surface area contributed by atoms with Crippen LogP contribution in [0.3, 0.4) is 0 Å². The van der Waals surface area contributed by atoms with Gasteiger partial charge in [0.15, 0.2) is 0 Å². The topological polar surface area (TPSA) is 44.1 Å². The van der Waals surface area contributed by atoms with Crippen LogP contribution in [0.5, 0.6) is 0 Å². The quantitative estimate of drug-likeness (QED) is 0.712. The number of rotatable bonds is 3. The zero-order valence-electron chi connectivity index (χ0n) is 11.6. The van der Waals surface area contributed by atoms with E-state index in [1.807, 2.05) is 0 Å². The van der Waals surface area contributed by atoms with Gasteiger partial charge >= 0.3 is 0 Å². The predicted octanol–water partition coefficient (Wildman–Crippen LogP) is 2.87. The van der Waals surface area contributed by atoms with Crippen molar-refractivity contribution in [3.63, 3.8) is 0 Å². The van der Waals surface area contributed by atoms with Gasteiger partial charge in [0, 0.05) is 26.1 Å². The molecule has 0 fully saturated rings. The van der Waals surface area contributed by atoms with Gasteiger partial charge in [-0.05, 0) is 5.04 Å². The van der Waals surface area contributed by atoms with Gasteiger partial charge in [-0.25, -0.2) is 0 Å². The average molecular weight is 240 g/mol. The molecule has 0 aromatic heterocycles. The van der Waals surface area contributed by atoms with E-state index in [9.17, 15) is 10.1 Å². The zero-order valence-corrected chi connectivity index (χ0v) is 12.6. The molecule has 0 heterocycles. The van der Waals surface area contributed by atoms with Crippen LogP contribution < -0.4 is 0 Å². The number of amides is 1. The molecule has 0 saturated heterocycles. The van der Waals surface area contributed by atoms with Gasteiger partial charge in [0.1, 0.15) is 0 Å². The second-order valence-corrected chi connectivity index (χ2v) is 11.8. The lowest BCUT2D eigenvalue weighted by atomic mass is 10.2. The van der Waals surface area contributed by atoms with Gasteiger partial charge in [-0.1, -0.05) is 33.9 Å². The van der Waals surface area contributed by atoms with Gasteiger partial charge in [0.25, 0.3) is 0 Å². The van der Waals surface area contributed by atoms with Gasteiger partial charge in [-0.2, -0.15) is 5.26 Å². The number of hydrogen-bond acceptors (Lipinski definition) is 2. The van der Waals surface area contributed by atoms with Crippen LogP contribution >= 0.6 is 0 Å². The lowest BCUT2D eigenvalue weighted by Crippen LogP contribution is -2.43. The molecule has 1 amide bonds. The molecular formula is C12H24N2OSi. The van der Waals surface area contributed by atoms with Gasteiger partial charge in [-0.15, -0.1) is 0 Å². The number of nitrogens with zero attached hydrogens (tertiary/aromatic N) is 2. The molecule has 1 atom stereocenters. The van der Waals surface area contributed by atoms with Gasteiger partial charge in [0.05, 0.1) is 14.1 Å². The highest BCUT2D eigenvalue weighted by Crippen LogP contribution is 2.44. The van der Waals surface area contributed by atoms with Crippen molar-refractivity contribution in [3.8, 4) is 6.07 Å². The fourth-order valence-electron chi connectivity index (χ4n) is 1.34. The number of nitriles is 1. The maximum absolute atomic E-state index is 11.7. The molecule has 0 spiro atoms. The molecule has 0 rings (SSSR count). The molecule has 0 bridgehead atoms. The number of carbonyl (C=O) groups is 1. The van der Waals surface area contributed by atoms with Crippen LogP contribution in [0.4, 0.5) is 0 Å². The Morgan fingerprint density at radius 3 is 2.06 bits per heavy atom. The Kier molecular flexibility index (Phi) is 4.75. The molecule has 0 aliphatic heterocycles. The third-order valence-electron chi connectivity index (χ3n) is 3.84. The lowest BCUT2D eigenvalue weighted by molar-refractivity contribution is -0.128. The standard InChI is InChI=1S/C12H24N2OSi/c1-12(2,3)16(6,7)10(9-13)8-11(15)14(4)5/h10H,8H2,1-7H3. The highest BCUT2D eigenvalue weighted by atomic mass is 28.3. The number of carbonyl (C=O) groups excluding carboxylic acids is 1. The van der Waals surface area contributed by atoms with Crippen molar-refractivity contribution in [2.75, 3.05) is 14.1 Å². The summed E-state index contributed by atoms with van der Waals surface area (Å²) in [7, 11) is 1.73. The highest BCUT2D eigenvalue weighted by molar-refractivity contribution is 6.82. The smallest absolute Gasteiger partial charge is 0.223 e. The van der Waals surface area contributed by atoms with E-state index < -0.39 is 8.07 Å². The average Bonchev–Trinajstić information content (AvgIpc) is 2.11. The molecular weight excluding hydrogens is 216 g/mol. The molecule has 4 heteroatoms. The summed E-state index contributed by atoms with van der Waals surface area (Å²) >= 11 is 0. The van der Waals surface area contributed by atoms with E-state index in [4.69, 9.17) is 0 Å². The van der Waals surface area contributed by atoms with Crippen LogP contribution in [0, 0.1) is 11.3 Å². The second-order valence-electron chi connectivity index (χ2n) is 6.15. The SMILES string of the molecule is CN(C)C(=O)CC(C#N)[Si](C)(C)C(C)(C)C. The molecule has 0 saturated carbocycles. The zero-order chi connectivity index (χ0) is 13.1. The summed E-state index contributed by atoms with van der Waals surface area (Å²) in [5, 5.41) is 9.41. The van der Waals surface area contributed by atoms with Crippen molar-refractivity contribution < 1.29 is 4.79 Å². The third-order valence-corrected chi connectivity index (χ3v) is 9.78. The molecule has 0 aromatic carbocycles. The van der Waals surface area contributed by atoms with E-state index in [-0.39, 0.29) is 16.5 Å². The molecule has 16 heavy (non-hydrogen) atoms. The Hall–Kier alpha value is -0.823. The van der Waals surface area contributed by atoms with Crippen molar-refractivity contribution in [2.45, 2.75) is 50.9 Å². The van der Waals surface area contributed by atoms with Crippen molar-refractivity contribution in [2.24, 2.45) is 0 Å². The first kappa shape index (κ1) is 15.2. The molecule has 1 unspecified atom stereocenters. The summed E-state index contributed by atoms with van der Waals surface area (Å²) in [5.74, 6) is 0.0522. The molecule has 0 aromatic rings. The summed E-state index contributed by atoms with van der Waals surface area (Å²) < 4.78 is 0. The molecule has 0 aliphatic carbocycles. The Morgan fingerprint density at radius 2 is 1.81 bits per heavy atom. The predicted molar refractivity (Wildman–Crippen MR) is 69.9 cm³/mol. The molecule has 3 nitrogen and oxygen atoms in total. The maximum atomic E-state index is 11.7. The Morgan fingerprint density at radius 1 is 1.38 bits per heavy atom. The molecule has 0 N–H and O–H groups in total. The number of hydrogen-bond donors (Lipinski definition) is 0. The van der Waals surface area contributed by atoms with Crippen LogP contribution in [-0.4, -0.2) is 33.0 Å². The lowest BCUT2D eigenvalue weighted by Gasteiger charge is -2.40. The summed E-state index contributed by atoms with van der Waals surface area (Å²) in [5.41, 5.74) is -0.109. The monoisotopic (exact) mass is 240 g/mol. The van der Waals surface area contributed by atoms with Gasteiger partial charge in [-0.3, -0.25) is 4.79 Å². The Labute approximate surface area is 100 Å². The normalized spacial score (nSPS) is 14.1. The molecule has 0 aliphatic rings. The van der Waals surface area contributed by atoms with Crippen LogP contribution in [-0.2, 0) is 4.79 Å². The van der Waals surface area contributed by atoms with Gasteiger partial charge in [0.2, 0.25) is 5.91 Å². The molecule has 0 radical (unpaired) electrons. The van der Waals surface area contributed by atoms with Gasteiger partial charge < -0.3 is 4.90 Å². The van der Waals surface area contributed by atoms with Crippen molar-refractivity contribution >= 4 is 14.0 Å². The first-order valence-electron chi connectivity index (χ1n) is 5.63. The minimum atomic E-state index is -1.75.